The monoisotopic (exact) mass is 1040 g/mol. The maximum Gasteiger partial charge on any atom is 0.205 e. The van der Waals surface area contributed by atoms with E-state index in [0.717, 1.165) is 0 Å². The first-order chi connectivity index (χ1) is 26.1. The molecule has 0 fully saturated rings. The number of phenolic OH excluding ortho intramolecular Hbond substituents is 3. The van der Waals surface area contributed by atoms with Gasteiger partial charge in [-0.1, -0.05) is 29.7 Å². The lowest BCUT2D eigenvalue weighted by atomic mass is 10.1. The van der Waals surface area contributed by atoms with Crippen LogP contribution in [0.3, 0.4) is 0 Å². The fraction of sp³-hybridized carbons (Fsp3) is 0.227. The van der Waals surface area contributed by atoms with Crippen molar-refractivity contribution in [3.63, 3.8) is 0 Å². The number of rotatable bonds is 7. The first-order valence-electron chi connectivity index (χ1n) is 15.9. The van der Waals surface area contributed by atoms with E-state index in [0.29, 0.717) is 51.9 Å². The average molecular weight is 1040 g/mol. The second kappa shape index (κ2) is 26.4. The van der Waals surface area contributed by atoms with Crippen LogP contribution in [-0.4, -0.2) is 67.2 Å². The number of phenols is 3. The number of benzene rings is 4. The van der Waals surface area contributed by atoms with Crippen molar-refractivity contribution in [1.82, 2.24) is 4.90 Å². The second-order valence-corrected chi connectivity index (χ2v) is 13.7. The quantitative estimate of drug-likeness (QED) is 0.0780. The first-order valence-corrected chi connectivity index (χ1v) is 18.0. The van der Waals surface area contributed by atoms with Gasteiger partial charge >= 0.3 is 0 Å². The van der Waals surface area contributed by atoms with E-state index in [9.17, 15) is 29.4 Å². The highest BCUT2D eigenvalue weighted by Gasteiger charge is 2.10. The van der Waals surface area contributed by atoms with Crippen LogP contribution in [0.25, 0.3) is 21.9 Å². The normalized spacial score (nSPS) is 9.56. The smallest absolute Gasteiger partial charge is 0.205 e. The number of fused-ring (bicyclic) bond motifs is 2. The lowest BCUT2D eigenvalue weighted by Crippen LogP contribution is -2.04. The van der Waals surface area contributed by atoms with Crippen LogP contribution in [0, 0.1) is 7.14 Å². The zero-order chi connectivity index (χ0) is 40.8. The zero-order valence-corrected chi connectivity index (χ0v) is 34.8. The summed E-state index contributed by atoms with van der Waals surface area (Å²) in [5.41, 5.74) is 1.46. The molecule has 0 amide bonds. The third-order valence-corrected chi connectivity index (χ3v) is 8.72. The molecule has 2 heterocycles. The molecule has 3 N–H and O–H groups in total. The third kappa shape index (κ3) is 16.0. The molecule has 4 aromatic carbocycles. The molecule has 0 aliphatic rings. The van der Waals surface area contributed by atoms with E-state index in [2.05, 4.69) is 0 Å². The van der Waals surface area contributed by atoms with Gasteiger partial charge < -0.3 is 43.3 Å². The van der Waals surface area contributed by atoms with Crippen molar-refractivity contribution in [2.24, 2.45) is 0 Å². The molecular formula is C44H53I2NO12. The van der Waals surface area contributed by atoms with Gasteiger partial charge in [-0.2, -0.15) is 0 Å². The highest BCUT2D eigenvalue weighted by Crippen LogP contribution is 2.25. The summed E-state index contributed by atoms with van der Waals surface area (Å²) in [4.78, 5) is 47.4. The molecule has 0 atom stereocenters. The summed E-state index contributed by atoms with van der Waals surface area (Å²) in [6, 6.07) is 18.8. The van der Waals surface area contributed by atoms with Crippen molar-refractivity contribution in [1.29, 1.82) is 0 Å². The average Bonchev–Trinajstić information content (AvgIpc) is 3.17. The minimum Gasteiger partial charge on any atom is -0.508 e. The first kappa shape index (κ1) is 55.5. The van der Waals surface area contributed by atoms with Crippen molar-refractivity contribution in [2.75, 3.05) is 35.4 Å². The molecule has 0 unspecified atom stereocenters. The minimum atomic E-state index is -0.242. The van der Waals surface area contributed by atoms with E-state index in [4.69, 9.17) is 28.2 Å². The minimum absolute atomic E-state index is 0. The molecule has 13 nitrogen and oxygen atoms in total. The Morgan fingerprint density at radius 1 is 0.627 bits per heavy atom. The lowest BCUT2D eigenvalue weighted by Gasteiger charge is -2.05. The highest BCUT2D eigenvalue weighted by molar-refractivity contribution is 14.1. The van der Waals surface area contributed by atoms with Crippen molar-refractivity contribution in [3.8, 4) is 34.5 Å². The molecule has 0 saturated carbocycles. The molecule has 0 bridgehead atoms. The number of methoxy groups -OCH3 is 3. The summed E-state index contributed by atoms with van der Waals surface area (Å²) in [7, 11) is 8.21. The van der Waals surface area contributed by atoms with Gasteiger partial charge in [-0.3, -0.25) is 19.2 Å². The number of ether oxygens (including phenoxy) is 3. The van der Waals surface area contributed by atoms with Gasteiger partial charge in [-0.05, 0) is 101 Å². The van der Waals surface area contributed by atoms with Crippen molar-refractivity contribution >= 4 is 78.7 Å². The summed E-state index contributed by atoms with van der Waals surface area (Å²) >= 11 is 3.87. The number of halogens is 2. The van der Waals surface area contributed by atoms with E-state index >= 15 is 0 Å². The number of carbonyl (C=O) groups is 2. The molecule has 0 saturated heterocycles. The van der Waals surface area contributed by atoms with Crippen LogP contribution in [0.4, 0.5) is 0 Å². The van der Waals surface area contributed by atoms with Crippen LogP contribution >= 0.6 is 45.2 Å². The topological polar surface area (TPSA) is 186 Å². The van der Waals surface area contributed by atoms with Crippen molar-refractivity contribution in [2.45, 2.75) is 36.6 Å². The van der Waals surface area contributed by atoms with Gasteiger partial charge in [0.15, 0.2) is 11.6 Å². The Hall–Kier alpha value is -5.56. The Morgan fingerprint density at radius 3 is 1.46 bits per heavy atom. The molecule has 0 aliphatic carbocycles. The number of hydrogen-bond acceptors (Lipinski definition) is 13. The number of nitrogens with zero attached hydrogens (tertiary/aromatic N) is 1. The number of aromatic hydroxyl groups is 3. The largest absolute Gasteiger partial charge is 0.508 e. The zero-order valence-electron chi connectivity index (χ0n) is 30.5. The van der Waals surface area contributed by atoms with Crippen LogP contribution < -0.4 is 25.1 Å². The van der Waals surface area contributed by atoms with E-state index in [-0.39, 0.29) is 74.9 Å². The van der Waals surface area contributed by atoms with Crippen molar-refractivity contribution in [3.05, 3.63) is 136 Å². The Kier molecular flexibility index (Phi) is 24.9. The van der Waals surface area contributed by atoms with Crippen LogP contribution in [0.2, 0.25) is 0 Å². The molecule has 0 aliphatic heterocycles. The highest BCUT2D eigenvalue weighted by atomic mass is 127. The lowest BCUT2D eigenvalue weighted by molar-refractivity contribution is 0.101. The standard InChI is InChI=1S/C12H15NO3.C10H7IO3.C9H5IO3.C9H10O3.4CH4/c1-13(2)7-6-11(14)10-5-4-9(16-3)8-12(10)15;1-13-6-2-3-7-9(4-6)14-5-8(11)10(7)12;10-7-4-13-8-3-5(11)1-2-6(8)9(7)12;1-6(10)8-4-3-7(12-2)5-9(8)11;;;;/h4-8,15H,1-3H3;2-5H,1H3;1-4,11H;3-5,11H,1-2H3;4*1H4/b7-6+;;;;;;;. The predicted molar refractivity (Wildman–Crippen MR) is 252 cm³/mol. The van der Waals surface area contributed by atoms with Gasteiger partial charge in [0.1, 0.15) is 58.2 Å². The number of hydrogen-bond donors (Lipinski definition) is 3. The van der Waals surface area contributed by atoms with Crippen LogP contribution in [0.15, 0.2) is 116 Å². The fourth-order valence-electron chi connectivity index (χ4n) is 4.40. The van der Waals surface area contributed by atoms with Gasteiger partial charge in [0, 0.05) is 50.6 Å². The molecule has 320 valence electrons. The molecule has 0 radical (unpaired) electrons. The predicted octanol–water partition coefficient (Wildman–Crippen LogP) is 10.3. The number of allylic oxidation sites excluding steroid dienone is 1. The van der Waals surface area contributed by atoms with Gasteiger partial charge in [0.2, 0.25) is 10.9 Å². The maximum absolute atomic E-state index is 11.7. The Balaban J connectivity index is 0. The number of ketones is 2. The maximum atomic E-state index is 11.7. The Morgan fingerprint density at radius 2 is 1.03 bits per heavy atom. The van der Waals surface area contributed by atoms with Crippen LogP contribution in [0.5, 0.6) is 34.5 Å². The molecule has 0 spiro atoms. The molecule has 6 aromatic rings. The molecule has 6 rings (SSSR count). The molecule has 15 heteroatoms. The number of Topliss-reactive ketones (excluding diaryl/α,β-unsaturated/α-hetero) is 1. The Bertz CT molecular complexity index is 2440. The summed E-state index contributed by atoms with van der Waals surface area (Å²) < 4.78 is 26.4. The number of carbonyl (C=O) groups excluding carboxylic acids is 2. The van der Waals surface area contributed by atoms with Gasteiger partial charge in [-0.15, -0.1) is 0 Å². The third-order valence-electron chi connectivity index (χ3n) is 7.23. The fourth-order valence-corrected chi connectivity index (χ4v) is 5.23. The van der Waals surface area contributed by atoms with Gasteiger partial charge in [-0.25, -0.2) is 0 Å². The van der Waals surface area contributed by atoms with E-state index in [1.807, 2.05) is 59.3 Å². The SMILES string of the molecule is C.C.C.C.COc1ccc(C(=O)/C=C/N(C)C)c(O)c1.COc1ccc(C(C)=O)c(O)c1.COc1ccc2c(=O)c(I)coc2c1.O=c1c(I)coc2cc(O)ccc12. The molecule has 2 aromatic heterocycles. The summed E-state index contributed by atoms with van der Waals surface area (Å²) in [6.07, 6.45) is 5.86. The molecular weight excluding hydrogens is 988 g/mol. The van der Waals surface area contributed by atoms with Crippen LogP contribution in [0.1, 0.15) is 57.3 Å². The summed E-state index contributed by atoms with van der Waals surface area (Å²) in [5, 5.41) is 29.1. The second-order valence-electron chi connectivity index (χ2n) is 11.3. The van der Waals surface area contributed by atoms with E-state index < -0.39 is 0 Å². The van der Waals surface area contributed by atoms with Crippen LogP contribution in [-0.2, 0) is 0 Å². The van der Waals surface area contributed by atoms with Gasteiger partial charge in [0.05, 0.1) is 50.4 Å². The Labute approximate surface area is 372 Å². The molecule has 59 heavy (non-hydrogen) atoms. The van der Waals surface area contributed by atoms with E-state index in [1.165, 1.54) is 76.1 Å². The van der Waals surface area contributed by atoms with E-state index in [1.54, 1.807) is 54.6 Å². The van der Waals surface area contributed by atoms with Crippen molar-refractivity contribution < 1.29 is 48.0 Å². The van der Waals surface area contributed by atoms with Gasteiger partial charge in [0.25, 0.3) is 0 Å². The summed E-state index contributed by atoms with van der Waals surface area (Å²) in [5.74, 6) is 1.32. The summed E-state index contributed by atoms with van der Waals surface area (Å²) in [6.45, 7) is 1.40.